The molecule has 1 rings (SSSR count). The topological polar surface area (TPSA) is 77.8 Å². The summed E-state index contributed by atoms with van der Waals surface area (Å²) < 4.78 is 0. The van der Waals surface area contributed by atoms with Crippen LogP contribution in [0.4, 0.5) is 0 Å². The van der Waals surface area contributed by atoms with Crippen LogP contribution in [-0.4, -0.2) is 32.7 Å². The van der Waals surface area contributed by atoms with Crippen molar-refractivity contribution < 1.29 is 20.1 Å². The molecule has 16 heavy (non-hydrogen) atoms. The van der Waals surface area contributed by atoms with E-state index in [9.17, 15) is 15.0 Å². The van der Waals surface area contributed by atoms with Gasteiger partial charge in [-0.2, -0.15) is 0 Å². The van der Waals surface area contributed by atoms with Gasteiger partial charge in [0, 0.05) is 5.33 Å². The molecule has 1 aromatic rings. The molecule has 5 heteroatoms. The third-order valence-electron chi connectivity index (χ3n) is 2.36. The van der Waals surface area contributed by atoms with Crippen molar-refractivity contribution in [1.82, 2.24) is 0 Å². The predicted molar refractivity (Wildman–Crippen MR) is 62.9 cm³/mol. The maximum atomic E-state index is 10.9. The molecule has 0 radical (unpaired) electrons. The van der Waals surface area contributed by atoms with Gasteiger partial charge in [0.1, 0.15) is 6.10 Å². The third-order valence-corrected chi connectivity index (χ3v) is 3.02. The third kappa shape index (κ3) is 2.81. The van der Waals surface area contributed by atoms with Gasteiger partial charge in [-0.25, -0.2) is 4.79 Å². The van der Waals surface area contributed by atoms with E-state index in [1.165, 1.54) is 6.07 Å². The van der Waals surface area contributed by atoms with Gasteiger partial charge in [-0.15, -0.1) is 0 Å². The highest BCUT2D eigenvalue weighted by Gasteiger charge is 2.19. The van der Waals surface area contributed by atoms with Gasteiger partial charge in [0.2, 0.25) is 0 Å². The van der Waals surface area contributed by atoms with Gasteiger partial charge < -0.3 is 15.3 Å². The number of carboxylic acid groups (broad SMARTS) is 1. The second kappa shape index (κ2) is 5.43. The molecule has 0 amide bonds. The minimum Gasteiger partial charge on any atom is -0.478 e. The average molecular weight is 289 g/mol. The summed E-state index contributed by atoms with van der Waals surface area (Å²) in [7, 11) is 0. The molecular formula is C11H13BrO4. The fourth-order valence-corrected chi connectivity index (χ4v) is 1.71. The summed E-state index contributed by atoms with van der Waals surface area (Å²) in [6.45, 7) is 1.68. The summed E-state index contributed by atoms with van der Waals surface area (Å²) >= 11 is 3.05. The van der Waals surface area contributed by atoms with Crippen molar-refractivity contribution in [1.29, 1.82) is 0 Å². The van der Waals surface area contributed by atoms with E-state index < -0.39 is 18.2 Å². The van der Waals surface area contributed by atoms with E-state index in [0.29, 0.717) is 11.1 Å². The van der Waals surface area contributed by atoms with Gasteiger partial charge in [-0.1, -0.05) is 28.1 Å². The number of rotatable bonds is 4. The van der Waals surface area contributed by atoms with Gasteiger partial charge in [-0.05, 0) is 24.1 Å². The number of alkyl halides is 1. The van der Waals surface area contributed by atoms with Crippen LogP contribution in [0.15, 0.2) is 18.2 Å². The normalized spacial score (nSPS) is 14.5. The van der Waals surface area contributed by atoms with Crippen LogP contribution >= 0.6 is 15.9 Å². The minimum atomic E-state index is -1.09. The van der Waals surface area contributed by atoms with Crippen LogP contribution in [0.1, 0.15) is 27.6 Å². The van der Waals surface area contributed by atoms with E-state index in [0.717, 1.165) is 0 Å². The molecule has 0 heterocycles. The van der Waals surface area contributed by atoms with Gasteiger partial charge in [-0.3, -0.25) is 0 Å². The molecule has 4 nitrogen and oxygen atoms in total. The van der Waals surface area contributed by atoms with Crippen LogP contribution in [0.5, 0.6) is 0 Å². The number of aryl methyl sites for hydroxylation is 1. The SMILES string of the molecule is Cc1ccc(C(O)C(O)CBr)cc1C(=O)O. The standard InChI is InChI=1S/C11H13BrO4/c1-6-2-3-7(4-8(6)11(15)16)10(14)9(13)5-12/h2-4,9-10,13-14H,5H2,1H3,(H,15,16). The summed E-state index contributed by atoms with van der Waals surface area (Å²) in [5, 5.41) is 28.3. The zero-order valence-corrected chi connectivity index (χ0v) is 10.3. The average Bonchev–Trinajstić information content (AvgIpc) is 2.27. The Morgan fingerprint density at radius 1 is 1.44 bits per heavy atom. The molecule has 0 bridgehead atoms. The van der Waals surface area contributed by atoms with Gasteiger partial charge in [0.15, 0.2) is 0 Å². The van der Waals surface area contributed by atoms with Crippen molar-refractivity contribution in [3.8, 4) is 0 Å². The number of hydrogen-bond acceptors (Lipinski definition) is 3. The second-order valence-electron chi connectivity index (χ2n) is 3.55. The summed E-state index contributed by atoms with van der Waals surface area (Å²) in [5.74, 6) is -1.04. The lowest BCUT2D eigenvalue weighted by Crippen LogP contribution is -2.20. The second-order valence-corrected chi connectivity index (χ2v) is 4.19. The fourth-order valence-electron chi connectivity index (χ4n) is 1.36. The summed E-state index contributed by atoms with van der Waals surface area (Å²) in [5.41, 5.74) is 1.16. The van der Waals surface area contributed by atoms with Crippen molar-refractivity contribution in [2.75, 3.05) is 5.33 Å². The fraction of sp³-hybridized carbons (Fsp3) is 0.364. The number of hydrogen-bond donors (Lipinski definition) is 3. The predicted octanol–water partition coefficient (Wildman–Crippen LogP) is 1.48. The zero-order chi connectivity index (χ0) is 12.3. The molecule has 0 saturated heterocycles. The van der Waals surface area contributed by atoms with Crippen molar-refractivity contribution >= 4 is 21.9 Å². The highest BCUT2D eigenvalue weighted by Crippen LogP contribution is 2.21. The molecular weight excluding hydrogens is 276 g/mol. The van der Waals surface area contributed by atoms with E-state index in [-0.39, 0.29) is 10.9 Å². The number of carboxylic acids is 1. The Labute approximate surface area is 102 Å². The number of halogens is 1. The first-order valence-electron chi connectivity index (χ1n) is 4.73. The molecule has 1 aromatic carbocycles. The lowest BCUT2D eigenvalue weighted by atomic mass is 9.99. The Hall–Kier alpha value is -0.910. The van der Waals surface area contributed by atoms with Crippen LogP contribution in [0.25, 0.3) is 0 Å². The molecule has 0 fully saturated rings. The molecule has 3 N–H and O–H groups in total. The van der Waals surface area contributed by atoms with E-state index in [2.05, 4.69) is 15.9 Å². The quantitative estimate of drug-likeness (QED) is 0.734. The maximum Gasteiger partial charge on any atom is 0.335 e. The van der Waals surface area contributed by atoms with Gasteiger partial charge in [0.05, 0.1) is 11.7 Å². The van der Waals surface area contributed by atoms with E-state index in [4.69, 9.17) is 5.11 Å². The van der Waals surface area contributed by atoms with Gasteiger partial charge in [0.25, 0.3) is 0 Å². The summed E-state index contributed by atoms with van der Waals surface area (Å²) in [6, 6.07) is 4.61. The summed E-state index contributed by atoms with van der Waals surface area (Å²) in [4.78, 5) is 10.9. The first-order chi connectivity index (χ1) is 7.47. The number of benzene rings is 1. The van der Waals surface area contributed by atoms with Crippen molar-refractivity contribution in [2.24, 2.45) is 0 Å². The number of carbonyl (C=O) groups is 1. The van der Waals surface area contributed by atoms with Crippen molar-refractivity contribution in [3.63, 3.8) is 0 Å². The maximum absolute atomic E-state index is 10.9. The smallest absolute Gasteiger partial charge is 0.335 e. The van der Waals surface area contributed by atoms with E-state index in [1.54, 1.807) is 19.1 Å². The highest BCUT2D eigenvalue weighted by molar-refractivity contribution is 9.09. The molecule has 0 aliphatic heterocycles. The Kier molecular flexibility index (Phi) is 4.46. The number of aliphatic hydroxyl groups is 2. The van der Waals surface area contributed by atoms with Crippen LogP contribution in [0, 0.1) is 6.92 Å². The van der Waals surface area contributed by atoms with Crippen LogP contribution < -0.4 is 0 Å². The number of aromatic carboxylic acids is 1. The zero-order valence-electron chi connectivity index (χ0n) is 8.72. The van der Waals surface area contributed by atoms with Crippen LogP contribution in [0.2, 0.25) is 0 Å². The van der Waals surface area contributed by atoms with Crippen LogP contribution in [0.3, 0.4) is 0 Å². The molecule has 0 spiro atoms. The Bertz CT molecular complexity index is 392. The Morgan fingerprint density at radius 3 is 2.56 bits per heavy atom. The molecule has 0 saturated carbocycles. The van der Waals surface area contributed by atoms with Gasteiger partial charge >= 0.3 is 5.97 Å². The minimum absolute atomic E-state index is 0.137. The largest absolute Gasteiger partial charge is 0.478 e. The van der Waals surface area contributed by atoms with E-state index >= 15 is 0 Å². The Morgan fingerprint density at radius 2 is 2.06 bits per heavy atom. The lowest BCUT2D eigenvalue weighted by Gasteiger charge is -2.16. The number of aliphatic hydroxyl groups excluding tert-OH is 2. The first-order valence-corrected chi connectivity index (χ1v) is 5.85. The molecule has 2 atom stereocenters. The van der Waals surface area contributed by atoms with Crippen molar-refractivity contribution in [2.45, 2.75) is 19.1 Å². The molecule has 88 valence electrons. The molecule has 0 aliphatic rings. The first kappa shape index (κ1) is 13.2. The molecule has 0 aliphatic carbocycles. The monoisotopic (exact) mass is 288 g/mol. The summed E-state index contributed by atoms with van der Waals surface area (Å²) in [6.07, 6.45) is -2.04. The Balaban J connectivity index is 3.07. The highest BCUT2D eigenvalue weighted by atomic mass is 79.9. The van der Waals surface area contributed by atoms with E-state index in [1.807, 2.05) is 0 Å². The van der Waals surface area contributed by atoms with Crippen LogP contribution in [-0.2, 0) is 0 Å². The molecule has 2 unspecified atom stereocenters. The van der Waals surface area contributed by atoms with Crippen molar-refractivity contribution in [3.05, 3.63) is 34.9 Å². The molecule has 0 aromatic heterocycles. The lowest BCUT2D eigenvalue weighted by molar-refractivity contribution is 0.0341.